The van der Waals surface area contributed by atoms with Crippen molar-refractivity contribution in [2.24, 2.45) is 11.7 Å². The molecule has 0 spiro atoms. The molecule has 4 heteroatoms. The van der Waals surface area contributed by atoms with E-state index in [4.69, 9.17) is 11.0 Å². The van der Waals surface area contributed by atoms with Crippen LogP contribution in [0.25, 0.3) is 0 Å². The van der Waals surface area contributed by atoms with Gasteiger partial charge in [0.05, 0.1) is 23.7 Å². The first-order valence-corrected chi connectivity index (χ1v) is 6.55. The maximum atomic E-state index is 12.0. The topological polar surface area (TPSA) is 78.9 Å². The molecule has 4 nitrogen and oxygen atoms in total. The third-order valence-corrected chi connectivity index (χ3v) is 3.46. The van der Waals surface area contributed by atoms with Gasteiger partial charge in [-0.2, -0.15) is 5.26 Å². The van der Waals surface area contributed by atoms with Crippen molar-refractivity contribution >= 4 is 5.91 Å². The van der Waals surface area contributed by atoms with Crippen molar-refractivity contribution < 1.29 is 4.79 Å². The Labute approximate surface area is 114 Å². The van der Waals surface area contributed by atoms with Crippen molar-refractivity contribution in [2.75, 3.05) is 0 Å². The molecule has 3 atom stereocenters. The lowest BCUT2D eigenvalue weighted by Gasteiger charge is -2.21. The summed E-state index contributed by atoms with van der Waals surface area (Å²) in [5.74, 6) is 0.0272. The summed E-state index contributed by atoms with van der Waals surface area (Å²) in [6.45, 7) is 5.89. The summed E-state index contributed by atoms with van der Waals surface area (Å²) >= 11 is 0. The van der Waals surface area contributed by atoms with E-state index in [1.54, 1.807) is 12.1 Å². The van der Waals surface area contributed by atoms with E-state index in [1.807, 2.05) is 32.9 Å². The molecule has 0 aliphatic rings. The zero-order valence-electron chi connectivity index (χ0n) is 11.7. The summed E-state index contributed by atoms with van der Waals surface area (Å²) in [5, 5.41) is 11.6. The van der Waals surface area contributed by atoms with Gasteiger partial charge in [-0.05, 0) is 30.5 Å². The molecule has 1 amide bonds. The third-order valence-electron chi connectivity index (χ3n) is 3.46. The number of nitrogens with one attached hydrogen (secondary N) is 1. The van der Waals surface area contributed by atoms with Gasteiger partial charge in [-0.25, -0.2) is 0 Å². The number of carbonyl (C=O) groups excluding carboxylic acids is 1. The Bertz CT molecular complexity index is 461. The molecule has 0 heterocycles. The Morgan fingerprint density at radius 3 is 2.42 bits per heavy atom. The molecule has 1 aromatic carbocycles. The van der Waals surface area contributed by atoms with Crippen molar-refractivity contribution in [3.63, 3.8) is 0 Å². The van der Waals surface area contributed by atoms with Crippen LogP contribution in [0.1, 0.15) is 44.4 Å². The number of hydrogen-bond acceptors (Lipinski definition) is 3. The molecule has 0 saturated heterocycles. The van der Waals surface area contributed by atoms with Gasteiger partial charge in [0, 0.05) is 0 Å². The van der Waals surface area contributed by atoms with E-state index in [1.165, 1.54) is 0 Å². The molecule has 3 N–H and O–H groups in total. The van der Waals surface area contributed by atoms with Crippen molar-refractivity contribution in [1.82, 2.24) is 5.32 Å². The third kappa shape index (κ3) is 4.08. The van der Waals surface area contributed by atoms with Crippen LogP contribution in [0.2, 0.25) is 0 Å². The highest BCUT2D eigenvalue weighted by Gasteiger charge is 2.21. The number of rotatable bonds is 5. The van der Waals surface area contributed by atoms with E-state index >= 15 is 0 Å². The second kappa shape index (κ2) is 6.91. The molecular formula is C15H21N3O. The zero-order valence-corrected chi connectivity index (χ0v) is 11.7. The highest BCUT2D eigenvalue weighted by molar-refractivity contribution is 5.82. The van der Waals surface area contributed by atoms with E-state index in [-0.39, 0.29) is 17.9 Å². The lowest BCUT2D eigenvalue weighted by molar-refractivity contribution is -0.124. The fraction of sp³-hybridized carbons (Fsp3) is 0.467. The van der Waals surface area contributed by atoms with Gasteiger partial charge in [-0.1, -0.05) is 32.4 Å². The normalized spacial score (nSPS) is 15.1. The summed E-state index contributed by atoms with van der Waals surface area (Å²) in [6.07, 6.45) is 0.875. The fourth-order valence-electron chi connectivity index (χ4n) is 1.75. The monoisotopic (exact) mass is 259 g/mol. The maximum Gasteiger partial charge on any atom is 0.237 e. The largest absolute Gasteiger partial charge is 0.348 e. The predicted octanol–water partition coefficient (Wildman–Crippen LogP) is 2.11. The summed E-state index contributed by atoms with van der Waals surface area (Å²) in [7, 11) is 0. The van der Waals surface area contributed by atoms with E-state index in [0.29, 0.717) is 5.56 Å². The van der Waals surface area contributed by atoms with E-state index in [2.05, 4.69) is 11.4 Å². The van der Waals surface area contributed by atoms with Crippen molar-refractivity contribution in [2.45, 2.75) is 39.3 Å². The molecule has 1 aromatic rings. The molecule has 0 bridgehead atoms. The lowest BCUT2D eigenvalue weighted by Crippen LogP contribution is -2.45. The first-order valence-electron chi connectivity index (χ1n) is 6.55. The molecule has 1 unspecified atom stereocenters. The SMILES string of the molecule is CC[C@H](C)[C@H](N)C(=O)NC(C)c1ccc(C#N)cc1. The van der Waals surface area contributed by atoms with Crippen molar-refractivity contribution in [3.05, 3.63) is 35.4 Å². The van der Waals surface area contributed by atoms with Crippen molar-refractivity contribution in [3.8, 4) is 6.07 Å². The average Bonchev–Trinajstić information content (AvgIpc) is 2.45. The molecule has 0 aliphatic carbocycles. The first-order chi connectivity index (χ1) is 8.99. The molecular weight excluding hydrogens is 238 g/mol. The van der Waals surface area contributed by atoms with Gasteiger partial charge in [0.1, 0.15) is 0 Å². The Kier molecular flexibility index (Phi) is 5.53. The van der Waals surface area contributed by atoms with Gasteiger partial charge in [-0.15, -0.1) is 0 Å². The molecule has 0 aromatic heterocycles. The first kappa shape index (κ1) is 15.2. The highest BCUT2D eigenvalue weighted by Crippen LogP contribution is 2.14. The number of nitrogens with zero attached hydrogens (tertiary/aromatic N) is 1. The van der Waals surface area contributed by atoms with Crippen LogP contribution in [0.5, 0.6) is 0 Å². The number of nitrogens with two attached hydrogens (primary N) is 1. The zero-order chi connectivity index (χ0) is 14.4. The number of nitriles is 1. The van der Waals surface area contributed by atoms with Crippen molar-refractivity contribution in [1.29, 1.82) is 5.26 Å². The average molecular weight is 259 g/mol. The molecule has 0 radical (unpaired) electrons. The highest BCUT2D eigenvalue weighted by atomic mass is 16.2. The fourth-order valence-corrected chi connectivity index (χ4v) is 1.75. The van der Waals surface area contributed by atoms with Gasteiger partial charge in [-0.3, -0.25) is 4.79 Å². The van der Waals surface area contributed by atoms with E-state index < -0.39 is 6.04 Å². The molecule has 0 saturated carbocycles. The van der Waals surface area contributed by atoms with Crippen LogP contribution in [-0.2, 0) is 4.79 Å². The minimum Gasteiger partial charge on any atom is -0.348 e. The van der Waals surface area contributed by atoms with Gasteiger partial charge in [0.25, 0.3) is 0 Å². The second-order valence-electron chi connectivity index (χ2n) is 4.88. The molecule has 1 rings (SSSR count). The molecule has 0 fully saturated rings. The minimum atomic E-state index is -0.481. The van der Waals surface area contributed by atoms with Gasteiger partial charge >= 0.3 is 0 Å². The predicted molar refractivity (Wildman–Crippen MR) is 75.1 cm³/mol. The number of amides is 1. The summed E-state index contributed by atoms with van der Waals surface area (Å²) in [5.41, 5.74) is 7.46. The van der Waals surface area contributed by atoms with Crippen LogP contribution < -0.4 is 11.1 Å². The lowest BCUT2D eigenvalue weighted by atomic mass is 9.98. The Hall–Kier alpha value is -1.86. The van der Waals surface area contributed by atoms with Crippen LogP contribution in [0.15, 0.2) is 24.3 Å². The van der Waals surface area contributed by atoms with Crippen LogP contribution >= 0.6 is 0 Å². The number of carbonyl (C=O) groups is 1. The van der Waals surface area contributed by atoms with Crippen LogP contribution in [0.3, 0.4) is 0 Å². The Morgan fingerprint density at radius 1 is 1.37 bits per heavy atom. The van der Waals surface area contributed by atoms with Gasteiger partial charge in [0.15, 0.2) is 0 Å². The summed E-state index contributed by atoms with van der Waals surface area (Å²) in [6, 6.07) is 8.65. The molecule has 102 valence electrons. The summed E-state index contributed by atoms with van der Waals surface area (Å²) < 4.78 is 0. The van der Waals surface area contributed by atoms with E-state index in [9.17, 15) is 4.79 Å². The minimum absolute atomic E-state index is 0.115. The van der Waals surface area contributed by atoms with Gasteiger partial charge < -0.3 is 11.1 Å². The van der Waals surface area contributed by atoms with Crippen LogP contribution in [0, 0.1) is 17.2 Å². The smallest absolute Gasteiger partial charge is 0.237 e. The van der Waals surface area contributed by atoms with Gasteiger partial charge in [0.2, 0.25) is 5.91 Å². The van der Waals surface area contributed by atoms with E-state index in [0.717, 1.165) is 12.0 Å². The Morgan fingerprint density at radius 2 is 1.95 bits per heavy atom. The number of benzene rings is 1. The second-order valence-corrected chi connectivity index (χ2v) is 4.88. The quantitative estimate of drug-likeness (QED) is 0.850. The maximum absolute atomic E-state index is 12.0. The Balaban J connectivity index is 2.66. The summed E-state index contributed by atoms with van der Waals surface area (Å²) in [4.78, 5) is 12.0. The van der Waals surface area contributed by atoms with Crippen LogP contribution in [0.4, 0.5) is 0 Å². The molecule has 0 aliphatic heterocycles. The van der Waals surface area contributed by atoms with Crippen LogP contribution in [-0.4, -0.2) is 11.9 Å². The molecule has 19 heavy (non-hydrogen) atoms. The number of hydrogen-bond donors (Lipinski definition) is 2. The standard InChI is InChI=1S/C15H21N3O/c1-4-10(2)14(17)15(19)18-11(3)13-7-5-12(9-16)6-8-13/h5-8,10-11,14H,4,17H2,1-3H3,(H,18,19)/t10-,11?,14-/m0/s1.